The van der Waals surface area contributed by atoms with Gasteiger partial charge in [-0.3, -0.25) is 9.59 Å². The zero-order valence-corrected chi connectivity index (χ0v) is 19.3. The SMILES string of the molecule is COc1ccc(/C(O)=C2\C(=O)C(=O)N(C3CCCCC3)C2c2ccccc2C)cc1Br. The van der Waals surface area contributed by atoms with E-state index in [1.54, 1.807) is 30.2 Å². The lowest BCUT2D eigenvalue weighted by Crippen LogP contribution is -2.40. The van der Waals surface area contributed by atoms with Gasteiger partial charge in [-0.1, -0.05) is 43.5 Å². The average molecular weight is 484 g/mol. The van der Waals surface area contributed by atoms with Gasteiger partial charge >= 0.3 is 0 Å². The highest BCUT2D eigenvalue weighted by Crippen LogP contribution is 2.44. The van der Waals surface area contributed by atoms with Crippen molar-refractivity contribution in [1.82, 2.24) is 4.90 Å². The molecule has 5 nitrogen and oxygen atoms in total. The van der Waals surface area contributed by atoms with Crippen LogP contribution in [0.3, 0.4) is 0 Å². The Bertz CT molecular complexity index is 1060. The molecule has 0 spiro atoms. The molecule has 1 unspecified atom stereocenters. The van der Waals surface area contributed by atoms with Gasteiger partial charge in [0.15, 0.2) is 0 Å². The van der Waals surface area contributed by atoms with Crippen molar-refractivity contribution in [1.29, 1.82) is 0 Å². The Labute approximate surface area is 190 Å². The van der Waals surface area contributed by atoms with Crippen LogP contribution in [0.2, 0.25) is 0 Å². The number of rotatable bonds is 4. The maximum Gasteiger partial charge on any atom is 0.295 e. The van der Waals surface area contributed by atoms with Crippen LogP contribution in [0, 0.1) is 6.92 Å². The summed E-state index contributed by atoms with van der Waals surface area (Å²) >= 11 is 3.44. The number of carbonyl (C=O) groups is 2. The van der Waals surface area contributed by atoms with Gasteiger partial charge in [-0.25, -0.2) is 0 Å². The number of aliphatic hydroxyl groups excluding tert-OH is 1. The van der Waals surface area contributed by atoms with Crippen LogP contribution in [0.25, 0.3) is 5.76 Å². The van der Waals surface area contributed by atoms with Gasteiger partial charge in [-0.15, -0.1) is 0 Å². The average Bonchev–Trinajstić information content (AvgIpc) is 3.04. The standard InChI is InChI=1S/C25H26BrNO4/c1-15-8-6-7-11-18(15)22-21(23(28)16-12-13-20(31-2)19(26)14-16)24(29)25(30)27(22)17-9-4-3-5-10-17/h6-8,11-14,17,22,28H,3-5,9-10H2,1-2H3/b23-21+. The highest BCUT2D eigenvalue weighted by atomic mass is 79.9. The number of aryl methyl sites for hydroxylation is 1. The predicted molar refractivity (Wildman–Crippen MR) is 123 cm³/mol. The van der Waals surface area contributed by atoms with E-state index in [1.807, 2.05) is 31.2 Å². The molecular weight excluding hydrogens is 458 g/mol. The molecule has 1 heterocycles. The zero-order valence-electron chi connectivity index (χ0n) is 17.7. The van der Waals surface area contributed by atoms with Crippen LogP contribution in [-0.4, -0.2) is 34.8 Å². The summed E-state index contributed by atoms with van der Waals surface area (Å²) in [5, 5.41) is 11.3. The first kappa shape index (κ1) is 21.6. The summed E-state index contributed by atoms with van der Waals surface area (Å²) in [6.45, 7) is 1.97. The highest BCUT2D eigenvalue weighted by Gasteiger charge is 2.49. The number of ketones is 1. The van der Waals surface area contributed by atoms with Crippen molar-refractivity contribution < 1.29 is 19.4 Å². The molecule has 1 atom stereocenters. The van der Waals surface area contributed by atoms with E-state index in [2.05, 4.69) is 15.9 Å². The third kappa shape index (κ3) is 3.89. The maximum atomic E-state index is 13.2. The third-order valence-electron chi connectivity index (χ3n) is 6.36. The monoisotopic (exact) mass is 483 g/mol. The number of hydrogen-bond donors (Lipinski definition) is 1. The van der Waals surface area contributed by atoms with E-state index >= 15 is 0 Å². The molecule has 2 aromatic carbocycles. The third-order valence-corrected chi connectivity index (χ3v) is 6.98. The number of aliphatic hydroxyl groups is 1. The summed E-state index contributed by atoms with van der Waals surface area (Å²) < 4.78 is 5.93. The summed E-state index contributed by atoms with van der Waals surface area (Å²) in [7, 11) is 1.56. The summed E-state index contributed by atoms with van der Waals surface area (Å²) in [5.41, 5.74) is 2.48. The molecule has 0 radical (unpaired) electrons. The smallest absolute Gasteiger partial charge is 0.295 e. The summed E-state index contributed by atoms with van der Waals surface area (Å²) in [4.78, 5) is 28.2. The van der Waals surface area contributed by atoms with Crippen LogP contribution in [0.4, 0.5) is 0 Å². The number of amides is 1. The largest absolute Gasteiger partial charge is 0.507 e. The normalized spacial score (nSPS) is 21.5. The zero-order chi connectivity index (χ0) is 22.1. The molecule has 31 heavy (non-hydrogen) atoms. The first-order chi connectivity index (χ1) is 14.9. The lowest BCUT2D eigenvalue weighted by atomic mass is 9.89. The van der Waals surface area contributed by atoms with E-state index in [4.69, 9.17) is 4.74 Å². The Morgan fingerprint density at radius 3 is 2.45 bits per heavy atom. The van der Waals surface area contributed by atoms with Crippen molar-refractivity contribution in [2.24, 2.45) is 0 Å². The Balaban J connectivity index is 1.89. The number of carbonyl (C=O) groups excluding carboxylic acids is 2. The van der Waals surface area contributed by atoms with Crippen LogP contribution >= 0.6 is 15.9 Å². The molecule has 4 rings (SSSR count). The predicted octanol–water partition coefficient (Wildman–Crippen LogP) is 5.52. The second-order valence-corrected chi connectivity index (χ2v) is 9.06. The molecule has 1 saturated heterocycles. The van der Waals surface area contributed by atoms with E-state index in [-0.39, 0.29) is 17.4 Å². The van der Waals surface area contributed by atoms with Crippen molar-refractivity contribution in [3.63, 3.8) is 0 Å². The van der Waals surface area contributed by atoms with Crippen molar-refractivity contribution in [2.45, 2.75) is 51.1 Å². The van der Waals surface area contributed by atoms with Gasteiger partial charge in [-0.2, -0.15) is 0 Å². The number of methoxy groups -OCH3 is 1. The fourth-order valence-corrected chi connectivity index (χ4v) is 5.29. The van der Waals surface area contributed by atoms with Gasteiger partial charge in [0, 0.05) is 11.6 Å². The van der Waals surface area contributed by atoms with Crippen molar-refractivity contribution >= 4 is 33.4 Å². The number of likely N-dealkylation sites (tertiary alicyclic amines) is 1. The van der Waals surface area contributed by atoms with Crippen LogP contribution in [0.1, 0.15) is 54.8 Å². The molecule has 2 fully saturated rings. The minimum atomic E-state index is -0.622. The molecule has 1 aliphatic carbocycles. The van der Waals surface area contributed by atoms with Gasteiger partial charge in [0.2, 0.25) is 0 Å². The molecule has 1 saturated carbocycles. The van der Waals surface area contributed by atoms with Crippen LogP contribution in [-0.2, 0) is 9.59 Å². The van der Waals surface area contributed by atoms with Crippen molar-refractivity contribution in [3.05, 3.63) is 69.2 Å². The van der Waals surface area contributed by atoms with E-state index in [0.29, 0.717) is 15.8 Å². The fourth-order valence-electron chi connectivity index (χ4n) is 4.75. The van der Waals surface area contributed by atoms with E-state index in [1.165, 1.54) is 0 Å². The van der Waals surface area contributed by atoms with Gasteiger partial charge in [-0.05, 0) is 65.0 Å². The van der Waals surface area contributed by atoms with Crippen LogP contribution < -0.4 is 4.74 Å². The molecule has 162 valence electrons. The topological polar surface area (TPSA) is 66.8 Å². The van der Waals surface area contributed by atoms with Gasteiger partial charge in [0.25, 0.3) is 11.7 Å². The number of benzene rings is 2. The van der Waals surface area contributed by atoms with Crippen molar-refractivity contribution in [3.8, 4) is 5.75 Å². The Morgan fingerprint density at radius 2 is 1.81 bits per heavy atom. The molecule has 2 aromatic rings. The maximum absolute atomic E-state index is 13.2. The van der Waals surface area contributed by atoms with E-state index in [0.717, 1.165) is 43.2 Å². The second kappa shape index (κ2) is 8.87. The number of hydrogen-bond acceptors (Lipinski definition) is 4. The summed E-state index contributed by atoms with van der Waals surface area (Å²) in [5.74, 6) is -0.680. The Morgan fingerprint density at radius 1 is 1.10 bits per heavy atom. The Hall–Kier alpha value is -2.60. The van der Waals surface area contributed by atoms with Crippen LogP contribution in [0.15, 0.2) is 52.5 Å². The summed E-state index contributed by atoms with van der Waals surface area (Å²) in [6.07, 6.45) is 4.99. The molecule has 1 amide bonds. The van der Waals surface area contributed by atoms with Gasteiger partial charge in [0.05, 0.1) is 23.2 Å². The lowest BCUT2D eigenvalue weighted by molar-refractivity contribution is -0.141. The number of nitrogens with zero attached hydrogens (tertiary/aromatic N) is 1. The van der Waals surface area contributed by atoms with Gasteiger partial charge < -0.3 is 14.7 Å². The number of Topliss-reactive ketones (excluding diaryl/α,β-unsaturated/α-hetero) is 1. The molecule has 1 N–H and O–H groups in total. The van der Waals surface area contributed by atoms with Crippen LogP contribution in [0.5, 0.6) is 5.75 Å². The quantitative estimate of drug-likeness (QED) is 0.353. The first-order valence-electron chi connectivity index (χ1n) is 10.6. The van der Waals surface area contributed by atoms with E-state index in [9.17, 15) is 14.7 Å². The van der Waals surface area contributed by atoms with E-state index < -0.39 is 17.7 Å². The minimum Gasteiger partial charge on any atom is -0.507 e. The highest BCUT2D eigenvalue weighted by molar-refractivity contribution is 9.10. The molecule has 6 heteroatoms. The summed E-state index contributed by atoms with van der Waals surface area (Å²) in [6, 6.07) is 12.3. The fraction of sp³-hybridized carbons (Fsp3) is 0.360. The molecule has 0 aromatic heterocycles. The number of halogens is 1. The molecule has 1 aliphatic heterocycles. The number of ether oxygens (including phenoxy) is 1. The molecular formula is C25H26BrNO4. The lowest BCUT2D eigenvalue weighted by Gasteiger charge is -2.36. The molecule has 2 aliphatic rings. The van der Waals surface area contributed by atoms with Gasteiger partial charge in [0.1, 0.15) is 11.5 Å². The van der Waals surface area contributed by atoms with Crippen molar-refractivity contribution in [2.75, 3.05) is 7.11 Å². The second-order valence-electron chi connectivity index (χ2n) is 8.20. The molecule has 0 bridgehead atoms. The minimum absolute atomic E-state index is 0.00251. The Kier molecular flexibility index (Phi) is 6.19. The first-order valence-corrected chi connectivity index (χ1v) is 11.4.